The molecule has 0 aliphatic heterocycles. The van der Waals surface area contributed by atoms with Gasteiger partial charge in [0.25, 0.3) is 0 Å². The molecule has 10 heteroatoms. The lowest BCUT2D eigenvalue weighted by Crippen LogP contribution is -2.18. The topological polar surface area (TPSA) is 54.4 Å². The molecule has 0 aliphatic carbocycles. The molecule has 4 nitrogen and oxygen atoms in total. The summed E-state index contributed by atoms with van der Waals surface area (Å²) in [6, 6.07) is 16.2. The van der Waals surface area contributed by atoms with E-state index in [1.54, 1.807) is 30.5 Å². The maximum Gasteiger partial charge on any atom is 0.418 e. The molecule has 0 unspecified atom stereocenters. The summed E-state index contributed by atoms with van der Waals surface area (Å²) in [6.07, 6.45) is -2.93. The average molecular weight is 490 g/mol. The zero-order valence-corrected chi connectivity index (χ0v) is 18.4. The quantitative estimate of drug-likeness (QED) is 0.181. The Morgan fingerprint density at radius 1 is 1.09 bits per heavy atom. The number of thioether (sulfide) groups is 1. The Morgan fingerprint density at radius 3 is 2.61 bits per heavy atom. The Hall–Kier alpha value is -3.24. The van der Waals surface area contributed by atoms with Crippen molar-refractivity contribution in [1.29, 1.82) is 0 Å². The van der Waals surface area contributed by atoms with Crippen molar-refractivity contribution in [3.8, 4) is 0 Å². The van der Waals surface area contributed by atoms with E-state index in [1.165, 1.54) is 41.7 Å². The van der Waals surface area contributed by atoms with Crippen LogP contribution in [-0.2, 0) is 11.0 Å². The van der Waals surface area contributed by atoms with Crippen molar-refractivity contribution >= 4 is 56.8 Å². The summed E-state index contributed by atoms with van der Waals surface area (Å²) in [5, 5.41) is 2.32. The predicted octanol–water partition coefficient (Wildman–Crippen LogP) is 6.94. The molecule has 0 atom stereocenters. The molecule has 1 heterocycles. The molecule has 0 spiro atoms. The first-order chi connectivity index (χ1) is 15.8. The second-order valence-corrected chi connectivity index (χ2v) is 9.07. The number of amides is 1. The number of nitrogens with one attached hydrogen (secondary N) is 1. The molecule has 0 saturated heterocycles. The number of anilines is 1. The highest BCUT2D eigenvalue weighted by molar-refractivity contribution is 8.01. The number of aromatic nitrogens is 1. The fraction of sp³-hybridized carbons (Fsp3) is 0.0870. The van der Waals surface area contributed by atoms with Gasteiger partial charge in [-0.1, -0.05) is 36.0 Å². The second kappa shape index (κ2) is 9.72. The summed E-state index contributed by atoms with van der Waals surface area (Å²) >= 11 is 2.50. The van der Waals surface area contributed by atoms with Crippen molar-refractivity contribution in [2.45, 2.75) is 10.5 Å². The van der Waals surface area contributed by atoms with Crippen molar-refractivity contribution in [1.82, 2.24) is 4.98 Å². The molecule has 0 saturated carbocycles. The van der Waals surface area contributed by atoms with Gasteiger partial charge in [0.2, 0.25) is 5.91 Å². The van der Waals surface area contributed by atoms with Crippen molar-refractivity contribution in [3.05, 3.63) is 83.7 Å². The number of hydrogen-bond donors (Lipinski definition) is 1. The van der Waals surface area contributed by atoms with Gasteiger partial charge in [-0.3, -0.25) is 9.79 Å². The first kappa shape index (κ1) is 22.9. The number of rotatable bonds is 6. The summed E-state index contributed by atoms with van der Waals surface area (Å²) in [4.78, 5) is 21.0. The largest absolute Gasteiger partial charge is 0.418 e. The Bertz CT molecular complexity index is 1320. The molecule has 1 N–H and O–H groups in total. The van der Waals surface area contributed by atoms with Crippen LogP contribution in [0.5, 0.6) is 0 Å². The molecule has 1 aromatic heterocycles. The number of alkyl halides is 3. The van der Waals surface area contributed by atoms with Gasteiger partial charge < -0.3 is 5.32 Å². The van der Waals surface area contributed by atoms with Crippen molar-refractivity contribution < 1.29 is 22.4 Å². The van der Waals surface area contributed by atoms with E-state index >= 15 is 0 Å². The molecule has 0 radical (unpaired) electrons. The average Bonchev–Trinajstić information content (AvgIpc) is 3.19. The van der Waals surface area contributed by atoms with Crippen LogP contribution in [0.1, 0.15) is 11.1 Å². The predicted molar refractivity (Wildman–Crippen MR) is 124 cm³/mol. The fourth-order valence-corrected chi connectivity index (χ4v) is 4.79. The Morgan fingerprint density at radius 2 is 1.85 bits per heavy atom. The van der Waals surface area contributed by atoms with Crippen LogP contribution in [0.4, 0.5) is 28.9 Å². The highest BCUT2D eigenvalue weighted by atomic mass is 32.2. The minimum atomic E-state index is -4.55. The van der Waals surface area contributed by atoms with Crippen molar-refractivity contribution in [2.75, 3.05) is 11.1 Å². The van der Waals surface area contributed by atoms with E-state index in [2.05, 4.69) is 15.3 Å². The minimum Gasteiger partial charge on any atom is -0.325 e. The number of hydrogen-bond acceptors (Lipinski definition) is 5. The van der Waals surface area contributed by atoms with Crippen LogP contribution in [-0.4, -0.2) is 22.9 Å². The summed E-state index contributed by atoms with van der Waals surface area (Å²) in [6.45, 7) is 0. The zero-order valence-electron chi connectivity index (χ0n) is 16.8. The number of carbonyl (C=O) groups is 1. The maximum atomic E-state index is 13.1. The maximum absolute atomic E-state index is 13.1. The molecule has 1 amide bonds. The van der Waals surface area contributed by atoms with Gasteiger partial charge in [0, 0.05) is 6.21 Å². The number of carbonyl (C=O) groups excluding carboxylic acids is 1. The molecular formula is C23H15F4N3OS2. The first-order valence-corrected chi connectivity index (χ1v) is 11.4. The van der Waals surface area contributed by atoms with Gasteiger partial charge in [0.1, 0.15) is 5.82 Å². The molecule has 4 aromatic rings. The number of aliphatic imine (C=N–C) groups is 1. The third-order valence-electron chi connectivity index (χ3n) is 4.42. The van der Waals surface area contributed by atoms with Crippen molar-refractivity contribution in [3.63, 3.8) is 0 Å². The summed E-state index contributed by atoms with van der Waals surface area (Å²) in [7, 11) is 0. The number of nitrogens with zero attached hydrogens (tertiary/aromatic N) is 2. The fourth-order valence-electron chi connectivity index (χ4n) is 2.89. The first-order valence-electron chi connectivity index (χ1n) is 9.57. The number of fused-ring (bicyclic) bond motifs is 1. The van der Waals surface area contributed by atoms with Gasteiger partial charge in [0.05, 0.1) is 32.9 Å². The van der Waals surface area contributed by atoms with Gasteiger partial charge in [-0.15, -0.1) is 11.3 Å². The van der Waals surface area contributed by atoms with E-state index in [0.717, 1.165) is 33.6 Å². The molecule has 4 rings (SSSR count). The molecule has 0 fully saturated rings. The van der Waals surface area contributed by atoms with E-state index in [0.29, 0.717) is 10.0 Å². The van der Waals surface area contributed by atoms with Crippen LogP contribution in [0, 0.1) is 5.82 Å². The zero-order chi connectivity index (χ0) is 23.4. The highest BCUT2D eigenvalue weighted by Gasteiger charge is 2.33. The van der Waals surface area contributed by atoms with Crippen LogP contribution in [0.3, 0.4) is 0 Å². The smallest absolute Gasteiger partial charge is 0.325 e. The SMILES string of the molecule is O=C(CSc1nc2ccc(N=Cc3ccc(F)cc3)cc2s1)Nc1ccccc1C(F)(F)F. The number of para-hydroxylation sites is 1. The van der Waals surface area contributed by atoms with E-state index in [9.17, 15) is 22.4 Å². The lowest BCUT2D eigenvalue weighted by Gasteiger charge is -2.13. The number of thiazole rings is 1. The van der Waals surface area contributed by atoms with E-state index in [-0.39, 0.29) is 17.3 Å². The van der Waals surface area contributed by atoms with Gasteiger partial charge in [-0.05, 0) is 48.0 Å². The summed E-state index contributed by atoms with van der Waals surface area (Å²) in [5.74, 6) is -0.955. The van der Waals surface area contributed by atoms with E-state index < -0.39 is 17.6 Å². The number of halogens is 4. The van der Waals surface area contributed by atoms with Crippen LogP contribution in [0.25, 0.3) is 10.2 Å². The van der Waals surface area contributed by atoms with Gasteiger partial charge >= 0.3 is 6.18 Å². The van der Waals surface area contributed by atoms with Crippen molar-refractivity contribution in [2.24, 2.45) is 4.99 Å². The third-order valence-corrected chi connectivity index (χ3v) is 6.58. The standard InChI is InChI=1S/C23H15F4N3OS2/c24-15-7-5-14(6-8-15)12-28-16-9-10-19-20(11-16)33-22(30-19)32-13-21(31)29-18-4-2-1-3-17(18)23(25,26)27/h1-12H,13H2,(H,29,31). The molecule has 3 aromatic carbocycles. The van der Waals surface area contributed by atoms with Crippen LogP contribution in [0.15, 0.2) is 76.1 Å². The van der Waals surface area contributed by atoms with E-state index in [1.807, 2.05) is 6.07 Å². The van der Waals surface area contributed by atoms with Crippen LogP contribution >= 0.6 is 23.1 Å². The van der Waals surface area contributed by atoms with Gasteiger partial charge in [0.15, 0.2) is 4.34 Å². The van der Waals surface area contributed by atoms with Crippen LogP contribution in [0.2, 0.25) is 0 Å². The lowest BCUT2D eigenvalue weighted by molar-refractivity contribution is -0.137. The molecule has 168 valence electrons. The van der Waals surface area contributed by atoms with E-state index in [4.69, 9.17) is 0 Å². The highest BCUT2D eigenvalue weighted by Crippen LogP contribution is 2.35. The Balaban J connectivity index is 1.40. The van der Waals surface area contributed by atoms with Gasteiger partial charge in [-0.2, -0.15) is 13.2 Å². The monoisotopic (exact) mass is 489 g/mol. The number of benzene rings is 3. The summed E-state index contributed by atoms with van der Waals surface area (Å²) in [5.41, 5.74) is 1.01. The normalized spacial score (nSPS) is 11.9. The minimum absolute atomic E-state index is 0.0818. The molecule has 33 heavy (non-hydrogen) atoms. The molecular weight excluding hydrogens is 474 g/mol. The van der Waals surface area contributed by atoms with Crippen LogP contribution < -0.4 is 5.32 Å². The molecule has 0 bridgehead atoms. The third kappa shape index (κ3) is 5.96. The summed E-state index contributed by atoms with van der Waals surface area (Å²) < 4.78 is 53.7. The Kier molecular flexibility index (Phi) is 6.75. The second-order valence-electron chi connectivity index (χ2n) is 6.82. The Labute approximate surface area is 194 Å². The van der Waals surface area contributed by atoms with Gasteiger partial charge in [-0.25, -0.2) is 9.37 Å². The lowest BCUT2D eigenvalue weighted by atomic mass is 10.1. The molecule has 0 aliphatic rings.